The number of alkyl halides is 1. The molecule has 1 aliphatic heterocycles. The molecule has 0 aromatic heterocycles. The zero-order chi connectivity index (χ0) is 11.3. The van der Waals surface area contributed by atoms with Crippen molar-refractivity contribution in [1.82, 2.24) is 10.6 Å². The van der Waals surface area contributed by atoms with E-state index in [1.165, 1.54) is 0 Å². The molecule has 2 atom stereocenters. The standard InChI is InChI=1S/C9H15ClN2O3/c1-6-7(3-5-15-6)11-9(14)12-8(13)2-4-10/h6-7H,2-5H2,1H3,(H2,11,12,13,14). The molecule has 0 saturated carbocycles. The van der Waals surface area contributed by atoms with Crippen LogP contribution in [0.4, 0.5) is 4.79 Å². The highest BCUT2D eigenvalue weighted by molar-refractivity contribution is 6.19. The van der Waals surface area contributed by atoms with Crippen LogP contribution < -0.4 is 10.6 Å². The van der Waals surface area contributed by atoms with E-state index in [0.717, 1.165) is 6.42 Å². The minimum atomic E-state index is -0.479. The fourth-order valence-electron chi connectivity index (χ4n) is 1.40. The van der Waals surface area contributed by atoms with E-state index in [2.05, 4.69) is 10.6 Å². The molecule has 6 heteroatoms. The summed E-state index contributed by atoms with van der Waals surface area (Å²) in [6.45, 7) is 2.53. The van der Waals surface area contributed by atoms with Crippen LogP contribution in [0.1, 0.15) is 19.8 Å². The van der Waals surface area contributed by atoms with Crippen molar-refractivity contribution in [2.24, 2.45) is 0 Å². The molecule has 0 aromatic rings. The SMILES string of the molecule is CC1OCCC1NC(=O)NC(=O)CCCl. The predicted octanol–water partition coefficient (Wildman–Crippen LogP) is 0.619. The summed E-state index contributed by atoms with van der Waals surface area (Å²) in [6, 6.07) is -0.499. The molecule has 1 aliphatic rings. The third-order valence-electron chi connectivity index (χ3n) is 2.27. The van der Waals surface area contributed by atoms with Crippen LogP contribution in [0.2, 0.25) is 0 Å². The summed E-state index contributed by atoms with van der Waals surface area (Å²) >= 11 is 5.36. The molecule has 0 bridgehead atoms. The van der Waals surface area contributed by atoms with Crippen molar-refractivity contribution < 1.29 is 14.3 Å². The second-order valence-electron chi connectivity index (χ2n) is 3.43. The van der Waals surface area contributed by atoms with Gasteiger partial charge in [0.05, 0.1) is 12.1 Å². The van der Waals surface area contributed by atoms with Gasteiger partial charge in [0.25, 0.3) is 0 Å². The van der Waals surface area contributed by atoms with Crippen LogP contribution in [0, 0.1) is 0 Å². The minimum absolute atomic E-state index is 0.00104. The van der Waals surface area contributed by atoms with E-state index in [4.69, 9.17) is 16.3 Å². The number of rotatable bonds is 3. The number of nitrogens with one attached hydrogen (secondary N) is 2. The first-order valence-electron chi connectivity index (χ1n) is 4.91. The Bertz CT molecular complexity index is 248. The molecule has 1 heterocycles. The van der Waals surface area contributed by atoms with Crippen LogP contribution in [0.15, 0.2) is 0 Å². The summed E-state index contributed by atoms with van der Waals surface area (Å²) in [5.41, 5.74) is 0. The van der Waals surface area contributed by atoms with Crippen LogP contribution in [0.3, 0.4) is 0 Å². The predicted molar refractivity (Wildman–Crippen MR) is 55.8 cm³/mol. The molecular weight excluding hydrogens is 220 g/mol. The molecule has 2 N–H and O–H groups in total. The molecule has 1 saturated heterocycles. The second-order valence-corrected chi connectivity index (χ2v) is 3.81. The Hall–Kier alpha value is -0.810. The smallest absolute Gasteiger partial charge is 0.321 e. The fourth-order valence-corrected chi connectivity index (χ4v) is 1.57. The van der Waals surface area contributed by atoms with Gasteiger partial charge in [-0.25, -0.2) is 4.79 Å². The van der Waals surface area contributed by atoms with Crippen molar-refractivity contribution in [3.63, 3.8) is 0 Å². The van der Waals surface area contributed by atoms with E-state index in [0.29, 0.717) is 6.61 Å². The minimum Gasteiger partial charge on any atom is -0.376 e. The second kappa shape index (κ2) is 5.92. The van der Waals surface area contributed by atoms with Crippen LogP contribution >= 0.6 is 11.6 Å². The number of carbonyl (C=O) groups excluding carboxylic acids is 2. The Labute approximate surface area is 93.5 Å². The molecule has 0 spiro atoms. The fraction of sp³-hybridized carbons (Fsp3) is 0.778. The maximum atomic E-state index is 11.3. The number of halogens is 1. The molecule has 3 amide bonds. The molecule has 2 unspecified atom stereocenters. The molecule has 1 rings (SSSR count). The van der Waals surface area contributed by atoms with Crippen molar-refractivity contribution >= 4 is 23.5 Å². The number of carbonyl (C=O) groups is 2. The Kier molecular flexibility index (Phi) is 4.84. The Balaban J connectivity index is 2.26. The molecule has 0 aliphatic carbocycles. The van der Waals surface area contributed by atoms with E-state index >= 15 is 0 Å². The van der Waals surface area contributed by atoms with Crippen LogP contribution in [0.25, 0.3) is 0 Å². The average molecular weight is 235 g/mol. The van der Waals surface area contributed by atoms with E-state index < -0.39 is 6.03 Å². The van der Waals surface area contributed by atoms with Gasteiger partial charge in [-0.2, -0.15) is 0 Å². The zero-order valence-corrected chi connectivity index (χ0v) is 9.34. The lowest BCUT2D eigenvalue weighted by Crippen LogP contribution is -2.46. The molecule has 0 radical (unpaired) electrons. The van der Waals surface area contributed by atoms with Gasteiger partial charge >= 0.3 is 6.03 Å². The lowest BCUT2D eigenvalue weighted by Gasteiger charge is -2.15. The highest BCUT2D eigenvalue weighted by Crippen LogP contribution is 2.11. The molecule has 0 aromatic carbocycles. The summed E-state index contributed by atoms with van der Waals surface area (Å²) in [5, 5.41) is 4.88. The summed E-state index contributed by atoms with van der Waals surface area (Å²) in [5.74, 6) is -0.156. The quantitative estimate of drug-likeness (QED) is 0.704. The van der Waals surface area contributed by atoms with Crippen molar-refractivity contribution in [2.45, 2.75) is 31.9 Å². The van der Waals surface area contributed by atoms with E-state index in [1.54, 1.807) is 0 Å². The molecule has 15 heavy (non-hydrogen) atoms. The highest BCUT2D eigenvalue weighted by atomic mass is 35.5. The third kappa shape index (κ3) is 4.05. The first kappa shape index (κ1) is 12.3. The zero-order valence-electron chi connectivity index (χ0n) is 8.59. The number of ether oxygens (including phenoxy) is 1. The average Bonchev–Trinajstić information content (AvgIpc) is 2.52. The molecule has 5 nitrogen and oxygen atoms in total. The first-order chi connectivity index (χ1) is 7.13. The molecule has 1 fully saturated rings. The summed E-state index contributed by atoms with van der Waals surface area (Å²) in [7, 11) is 0. The van der Waals surface area contributed by atoms with Crippen molar-refractivity contribution in [3.8, 4) is 0 Å². The van der Waals surface area contributed by atoms with Gasteiger partial charge in [0.2, 0.25) is 5.91 Å². The normalized spacial score (nSPS) is 24.9. The van der Waals surface area contributed by atoms with E-state index in [9.17, 15) is 9.59 Å². The van der Waals surface area contributed by atoms with Crippen molar-refractivity contribution in [2.75, 3.05) is 12.5 Å². The number of amides is 3. The monoisotopic (exact) mass is 234 g/mol. The number of imide groups is 1. The van der Waals surface area contributed by atoms with Crippen molar-refractivity contribution in [1.29, 1.82) is 0 Å². The number of urea groups is 1. The lowest BCUT2D eigenvalue weighted by atomic mass is 10.2. The molecular formula is C9H15ClN2O3. The van der Waals surface area contributed by atoms with E-state index in [-0.39, 0.29) is 30.4 Å². The number of hydrogen-bond acceptors (Lipinski definition) is 3. The Morgan fingerprint density at radius 3 is 2.80 bits per heavy atom. The first-order valence-corrected chi connectivity index (χ1v) is 5.45. The highest BCUT2D eigenvalue weighted by Gasteiger charge is 2.25. The third-order valence-corrected chi connectivity index (χ3v) is 2.46. The summed E-state index contributed by atoms with van der Waals surface area (Å²) in [4.78, 5) is 22.3. The van der Waals surface area contributed by atoms with Gasteiger partial charge in [0, 0.05) is 18.9 Å². The Morgan fingerprint density at radius 2 is 2.27 bits per heavy atom. The van der Waals surface area contributed by atoms with Crippen LogP contribution in [-0.2, 0) is 9.53 Å². The van der Waals surface area contributed by atoms with E-state index in [1.807, 2.05) is 6.92 Å². The maximum absolute atomic E-state index is 11.3. The van der Waals surface area contributed by atoms with Gasteiger partial charge in [-0.15, -0.1) is 11.6 Å². The van der Waals surface area contributed by atoms with Crippen LogP contribution in [0.5, 0.6) is 0 Å². The van der Waals surface area contributed by atoms with Gasteiger partial charge in [0.15, 0.2) is 0 Å². The van der Waals surface area contributed by atoms with Gasteiger partial charge in [-0.1, -0.05) is 0 Å². The van der Waals surface area contributed by atoms with Gasteiger partial charge < -0.3 is 10.1 Å². The largest absolute Gasteiger partial charge is 0.376 e. The lowest BCUT2D eigenvalue weighted by molar-refractivity contribution is -0.119. The summed E-state index contributed by atoms with van der Waals surface area (Å²) in [6.07, 6.45) is 0.920. The van der Waals surface area contributed by atoms with Crippen molar-refractivity contribution in [3.05, 3.63) is 0 Å². The van der Waals surface area contributed by atoms with Gasteiger partial charge in [-0.05, 0) is 13.3 Å². The van der Waals surface area contributed by atoms with Gasteiger partial charge in [0.1, 0.15) is 0 Å². The number of hydrogen-bond donors (Lipinski definition) is 2. The van der Waals surface area contributed by atoms with Crippen LogP contribution in [-0.4, -0.2) is 36.6 Å². The van der Waals surface area contributed by atoms with Gasteiger partial charge in [-0.3, -0.25) is 10.1 Å². The topological polar surface area (TPSA) is 67.4 Å². The molecule has 86 valence electrons. The Morgan fingerprint density at radius 1 is 1.53 bits per heavy atom. The summed E-state index contributed by atoms with van der Waals surface area (Å²) < 4.78 is 5.27. The maximum Gasteiger partial charge on any atom is 0.321 e.